The van der Waals surface area contributed by atoms with Gasteiger partial charge in [0.05, 0.1) is 0 Å². The summed E-state index contributed by atoms with van der Waals surface area (Å²) in [6.45, 7) is 7.55. The Hall–Kier alpha value is -0.930. The van der Waals surface area contributed by atoms with E-state index in [2.05, 4.69) is 32.7 Å². The first-order valence-corrected chi connectivity index (χ1v) is 7.98. The first-order valence-electron chi connectivity index (χ1n) is 7.98. The summed E-state index contributed by atoms with van der Waals surface area (Å²) in [7, 11) is 2.07. The molecule has 3 atom stereocenters. The van der Waals surface area contributed by atoms with E-state index >= 15 is 0 Å². The standard InChI is InChI=1S/C18H29FN2/c1-18(2,3)14-9-10-16(20)17(11-14)21(4)12-13-7-5-6-8-15(13)19/h5-8,14,16-17H,9-12,20H2,1-4H3. The van der Waals surface area contributed by atoms with Gasteiger partial charge in [0.1, 0.15) is 5.82 Å². The molecule has 2 N–H and O–H groups in total. The molecule has 1 aliphatic carbocycles. The predicted molar refractivity (Wildman–Crippen MR) is 86.4 cm³/mol. The van der Waals surface area contributed by atoms with Crippen LogP contribution in [0.2, 0.25) is 0 Å². The fourth-order valence-electron chi connectivity index (χ4n) is 3.48. The van der Waals surface area contributed by atoms with Crippen molar-refractivity contribution in [2.45, 2.75) is 58.7 Å². The molecule has 0 radical (unpaired) electrons. The zero-order chi connectivity index (χ0) is 15.6. The minimum absolute atomic E-state index is 0.124. The lowest BCUT2D eigenvalue weighted by Gasteiger charge is -2.44. The third-order valence-electron chi connectivity index (χ3n) is 5.04. The molecule has 1 aromatic carbocycles. The minimum atomic E-state index is -0.124. The maximum atomic E-state index is 13.8. The average molecular weight is 292 g/mol. The highest BCUT2D eigenvalue weighted by Gasteiger charge is 2.36. The third-order valence-corrected chi connectivity index (χ3v) is 5.04. The quantitative estimate of drug-likeness (QED) is 0.918. The molecule has 0 saturated heterocycles. The molecular formula is C18H29FN2. The van der Waals surface area contributed by atoms with Crippen molar-refractivity contribution < 1.29 is 4.39 Å². The third kappa shape index (κ3) is 4.04. The van der Waals surface area contributed by atoms with Gasteiger partial charge in [0.25, 0.3) is 0 Å². The molecule has 1 fully saturated rings. The van der Waals surface area contributed by atoms with Gasteiger partial charge < -0.3 is 5.73 Å². The van der Waals surface area contributed by atoms with E-state index in [0.29, 0.717) is 23.9 Å². The van der Waals surface area contributed by atoms with Crippen molar-refractivity contribution in [3.05, 3.63) is 35.6 Å². The van der Waals surface area contributed by atoms with E-state index in [0.717, 1.165) is 18.4 Å². The van der Waals surface area contributed by atoms with Gasteiger partial charge in [0.15, 0.2) is 0 Å². The number of nitrogens with zero attached hydrogens (tertiary/aromatic N) is 1. The summed E-state index contributed by atoms with van der Waals surface area (Å²) in [6, 6.07) is 7.55. The van der Waals surface area contributed by atoms with E-state index in [1.807, 2.05) is 12.1 Å². The second-order valence-corrected chi connectivity index (χ2v) is 7.61. The molecule has 118 valence electrons. The Morgan fingerprint density at radius 1 is 1.24 bits per heavy atom. The summed E-state index contributed by atoms with van der Waals surface area (Å²) in [5.41, 5.74) is 7.41. The molecule has 2 nitrogen and oxygen atoms in total. The molecule has 0 aliphatic heterocycles. The molecule has 3 heteroatoms. The summed E-state index contributed by atoms with van der Waals surface area (Å²) >= 11 is 0. The Morgan fingerprint density at radius 3 is 2.52 bits per heavy atom. The topological polar surface area (TPSA) is 29.3 Å². The van der Waals surface area contributed by atoms with Gasteiger partial charge in [-0.05, 0) is 43.7 Å². The zero-order valence-electron chi connectivity index (χ0n) is 13.8. The van der Waals surface area contributed by atoms with Crippen LogP contribution in [0.25, 0.3) is 0 Å². The van der Waals surface area contributed by atoms with Gasteiger partial charge in [-0.1, -0.05) is 39.0 Å². The fraction of sp³-hybridized carbons (Fsp3) is 0.667. The number of nitrogens with two attached hydrogens (primary N) is 1. The normalized spacial score (nSPS) is 27.1. The van der Waals surface area contributed by atoms with Crippen molar-refractivity contribution in [3.63, 3.8) is 0 Å². The van der Waals surface area contributed by atoms with Gasteiger partial charge in [0, 0.05) is 24.2 Å². The monoisotopic (exact) mass is 292 g/mol. The maximum absolute atomic E-state index is 13.8. The zero-order valence-corrected chi connectivity index (χ0v) is 13.8. The molecule has 1 saturated carbocycles. The second-order valence-electron chi connectivity index (χ2n) is 7.61. The van der Waals surface area contributed by atoms with Crippen LogP contribution in [0, 0.1) is 17.2 Å². The number of halogens is 1. The van der Waals surface area contributed by atoms with Crippen LogP contribution in [0.5, 0.6) is 0 Å². The highest BCUT2D eigenvalue weighted by Crippen LogP contribution is 2.39. The van der Waals surface area contributed by atoms with Crippen molar-refractivity contribution in [3.8, 4) is 0 Å². The van der Waals surface area contributed by atoms with E-state index in [4.69, 9.17) is 5.73 Å². The van der Waals surface area contributed by atoms with Crippen LogP contribution in [0.4, 0.5) is 4.39 Å². The van der Waals surface area contributed by atoms with E-state index in [9.17, 15) is 4.39 Å². The molecular weight excluding hydrogens is 263 g/mol. The van der Waals surface area contributed by atoms with Crippen molar-refractivity contribution >= 4 is 0 Å². The fourth-order valence-corrected chi connectivity index (χ4v) is 3.48. The van der Waals surface area contributed by atoms with Gasteiger partial charge in [-0.25, -0.2) is 4.39 Å². The Kier molecular flexibility index (Phi) is 5.05. The summed E-state index contributed by atoms with van der Waals surface area (Å²) < 4.78 is 13.8. The molecule has 2 rings (SSSR count). The molecule has 3 unspecified atom stereocenters. The minimum Gasteiger partial charge on any atom is -0.326 e. The maximum Gasteiger partial charge on any atom is 0.127 e. The smallest absolute Gasteiger partial charge is 0.127 e. The number of hydrogen-bond acceptors (Lipinski definition) is 2. The summed E-state index contributed by atoms with van der Waals surface area (Å²) in [5.74, 6) is 0.562. The van der Waals surface area contributed by atoms with Crippen LogP contribution >= 0.6 is 0 Å². The number of rotatable bonds is 3. The predicted octanol–water partition coefficient (Wildman–Crippen LogP) is 3.80. The summed E-state index contributed by atoms with van der Waals surface area (Å²) in [6.07, 6.45) is 3.37. The molecule has 21 heavy (non-hydrogen) atoms. The van der Waals surface area contributed by atoms with Crippen LogP contribution in [-0.4, -0.2) is 24.0 Å². The number of likely N-dealkylation sites (N-methyl/N-ethyl adjacent to an activating group) is 1. The van der Waals surface area contributed by atoms with E-state index in [1.54, 1.807) is 6.07 Å². The Labute approximate surface area is 128 Å². The van der Waals surface area contributed by atoms with Crippen molar-refractivity contribution in [1.82, 2.24) is 4.90 Å². The summed E-state index contributed by atoms with van der Waals surface area (Å²) in [4.78, 5) is 2.24. The van der Waals surface area contributed by atoms with Crippen LogP contribution in [0.3, 0.4) is 0 Å². The van der Waals surface area contributed by atoms with Crippen LogP contribution < -0.4 is 5.73 Å². The molecule has 0 aromatic heterocycles. The lowest BCUT2D eigenvalue weighted by molar-refractivity contribution is 0.0799. The van der Waals surface area contributed by atoms with Crippen molar-refractivity contribution in [2.24, 2.45) is 17.1 Å². The SMILES string of the molecule is CN(Cc1ccccc1F)C1CC(C(C)(C)C)CCC1N. The summed E-state index contributed by atoms with van der Waals surface area (Å²) in [5, 5.41) is 0. The highest BCUT2D eigenvalue weighted by atomic mass is 19.1. The van der Waals surface area contributed by atoms with Crippen molar-refractivity contribution in [1.29, 1.82) is 0 Å². The molecule has 1 aromatic rings. The lowest BCUT2D eigenvalue weighted by atomic mass is 9.69. The molecule has 0 bridgehead atoms. The van der Waals surface area contributed by atoms with Gasteiger partial charge in [0.2, 0.25) is 0 Å². The van der Waals surface area contributed by atoms with Crippen LogP contribution in [0.1, 0.15) is 45.6 Å². The Morgan fingerprint density at radius 2 is 1.90 bits per heavy atom. The molecule has 0 spiro atoms. The first-order chi connectivity index (χ1) is 9.79. The molecule has 1 aliphatic rings. The Balaban J connectivity index is 2.06. The van der Waals surface area contributed by atoms with Crippen LogP contribution in [0.15, 0.2) is 24.3 Å². The molecule has 0 heterocycles. The Bertz CT molecular complexity index is 467. The van der Waals surface area contributed by atoms with Gasteiger partial charge in [-0.2, -0.15) is 0 Å². The van der Waals surface area contributed by atoms with Gasteiger partial charge >= 0.3 is 0 Å². The van der Waals surface area contributed by atoms with Gasteiger partial charge in [-0.15, -0.1) is 0 Å². The highest BCUT2D eigenvalue weighted by molar-refractivity contribution is 5.17. The van der Waals surface area contributed by atoms with Crippen LogP contribution in [-0.2, 0) is 6.54 Å². The molecule has 0 amide bonds. The van der Waals surface area contributed by atoms with Crippen molar-refractivity contribution in [2.75, 3.05) is 7.05 Å². The van der Waals surface area contributed by atoms with E-state index in [1.165, 1.54) is 12.5 Å². The van der Waals surface area contributed by atoms with Gasteiger partial charge in [-0.3, -0.25) is 4.90 Å². The number of benzene rings is 1. The lowest BCUT2D eigenvalue weighted by Crippen LogP contribution is -2.51. The van der Waals surface area contributed by atoms with E-state index in [-0.39, 0.29) is 11.9 Å². The van der Waals surface area contributed by atoms with E-state index < -0.39 is 0 Å². The largest absolute Gasteiger partial charge is 0.326 e. The number of hydrogen-bond donors (Lipinski definition) is 1. The second kappa shape index (κ2) is 6.45. The average Bonchev–Trinajstić information content (AvgIpc) is 2.40. The first kappa shape index (κ1) is 16.4.